The second-order valence-electron chi connectivity index (χ2n) is 8.68. The van der Waals surface area contributed by atoms with Crippen molar-refractivity contribution in [3.63, 3.8) is 0 Å². The van der Waals surface area contributed by atoms with E-state index in [0.717, 1.165) is 44.8 Å². The third-order valence-corrected chi connectivity index (χ3v) is 6.22. The fraction of sp³-hybridized carbons (Fsp3) is 0.583. The molecule has 2 saturated heterocycles. The summed E-state index contributed by atoms with van der Waals surface area (Å²) in [7, 11) is 1.61. The van der Waals surface area contributed by atoms with Gasteiger partial charge in [-0.25, -0.2) is 0 Å². The second-order valence-corrected chi connectivity index (χ2v) is 8.68. The van der Waals surface area contributed by atoms with Crippen LogP contribution in [0, 0.1) is 0 Å². The summed E-state index contributed by atoms with van der Waals surface area (Å²) >= 11 is 0. The lowest BCUT2D eigenvalue weighted by Crippen LogP contribution is -2.47. The SMILES string of the molecule is COc1ccc(C2=C(N3CC(C)OC(C)C3)C(=O)N(CCCN3CCOCC3)C2=O)cc1. The monoisotopic (exact) mass is 443 g/mol. The summed E-state index contributed by atoms with van der Waals surface area (Å²) in [6.45, 7) is 9.69. The van der Waals surface area contributed by atoms with Crippen molar-refractivity contribution < 1.29 is 23.8 Å². The van der Waals surface area contributed by atoms with Crippen LogP contribution in [0.4, 0.5) is 0 Å². The molecule has 3 aliphatic heterocycles. The van der Waals surface area contributed by atoms with Crippen molar-refractivity contribution in [3.05, 3.63) is 35.5 Å². The standard InChI is InChI=1S/C24H33N3O5/c1-17-15-26(16-18(2)32-17)22-21(19-5-7-20(30-3)8-6-19)23(28)27(24(22)29)10-4-9-25-11-13-31-14-12-25/h5-8,17-18H,4,9-16H2,1-3H3. The lowest BCUT2D eigenvalue weighted by atomic mass is 10.0. The summed E-state index contributed by atoms with van der Waals surface area (Å²) in [5, 5.41) is 0. The maximum absolute atomic E-state index is 13.5. The highest BCUT2D eigenvalue weighted by molar-refractivity contribution is 6.35. The van der Waals surface area contributed by atoms with E-state index in [4.69, 9.17) is 14.2 Å². The quantitative estimate of drug-likeness (QED) is 0.593. The van der Waals surface area contributed by atoms with Crippen molar-refractivity contribution in [2.75, 3.05) is 59.6 Å². The molecule has 32 heavy (non-hydrogen) atoms. The zero-order valence-electron chi connectivity index (χ0n) is 19.2. The third kappa shape index (κ3) is 4.82. The Kier molecular flexibility index (Phi) is 7.13. The van der Waals surface area contributed by atoms with Gasteiger partial charge in [-0.1, -0.05) is 12.1 Å². The molecule has 2 amide bonds. The molecule has 0 saturated carbocycles. The molecular weight excluding hydrogens is 410 g/mol. The van der Waals surface area contributed by atoms with Gasteiger partial charge in [0.05, 0.1) is 38.1 Å². The van der Waals surface area contributed by atoms with E-state index in [-0.39, 0.29) is 24.0 Å². The van der Waals surface area contributed by atoms with Gasteiger partial charge in [-0.2, -0.15) is 0 Å². The lowest BCUT2D eigenvalue weighted by molar-refractivity contribution is -0.138. The van der Waals surface area contributed by atoms with Gasteiger partial charge in [-0.3, -0.25) is 19.4 Å². The van der Waals surface area contributed by atoms with E-state index in [1.165, 1.54) is 4.90 Å². The molecule has 3 heterocycles. The minimum atomic E-state index is -0.219. The number of morpholine rings is 2. The number of rotatable bonds is 7. The topological polar surface area (TPSA) is 71.6 Å². The van der Waals surface area contributed by atoms with Gasteiger partial charge in [0.25, 0.3) is 11.8 Å². The van der Waals surface area contributed by atoms with Crippen molar-refractivity contribution in [3.8, 4) is 5.75 Å². The number of carbonyl (C=O) groups is 2. The van der Waals surface area contributed by atoms with Crippen molar-refractivity contribution in [1.29, 1.82) is 0 Å². The Morgan fingerprint density at radius 2 is 1.62 bits per heavy atom. The zero-order valence-corrected chi connectivity index (χ0v) is 19.2. The molecule has 8 nitrogen and oxygen atoms in total. The average Bonchev–Trinajstić information content (AvgIpc) is 3.04. The number of amides is 2. The van der Waals surface area contributed by atoms with Gasteiger partial charge in [0, 0.05) is 39.3 Å². The smallest absolute Gasteiger partial charge is 0.277 e. The van der Waals surface area contributed by atoms with Crippen LogP contribution in [-0.4, -0.2) is 98.3 Å². The van der Waals surface area contributed by atoms with E-state index in [0.29, 0.717) is 36.7 Å². The summed E-state index contributed by atoms with van der Waals surface area (Å²) in [6.07, 6.45) is 0.722. The number of nitrogens with zero attached hydrogens (tertiary/aromatic N) is 3. The summed E-state index contributed by atoms with van der Waals surface area (Å²) in [4.78, 5) is 32.8. The molecule has 1 aromatic rings. The third-order valence-electron chi connectivity index (χ3n) is 6.22. The molecule has 2 fully saturated rings. The van der Waals surface area contributed by atoms with Crippen LogP contribution in [0.2, 0.25) is 0 Å². The summed E-state index contributed by atoms with van der Waals surface area (Å²) < 4.78 is 16.5. The van der Waals surface area contributed by atoms with Crippen molar-refractivity contribution in [2.24, 2.45) is 0 Å². The van der Waals surface area contributed by atoms with Crippen LogP contribution in [0.5, 0.6) is 5.75 Å². The van der Waals surface area contributed by atoms with Crippen LogP contribution in [-0.2, 0) is 19.1 Å². The molecule has 0 N–H and O–H groups in total. The predicted molar refractivity (Wildman–Crippen MR) is 120 cm³/mol. The number of carbonyl (C=O) groups excluding carboxylic acids is 2. The minimum absolute atomic E-state index is 0.0124. The second kappa shape index (κ2) is 10.0. The molecule has 0 radical (unpaired) electrons. The van der Waals surface area contributed by atoms with E-state index in [2.05, 4.69) is 4.90 Å². The van der Waals surface area contributed by atoms with Gasteiger partial charge in [-0.05, 0) is 38.0 Å². The van der Waals surface area contributed by atoms with Gasteiger partial charge >= 0.3 is 0 Å². The highest BCUT2D eigenvalue weighted by Crippen LogP contribution is 2.34. The number of imide groups is 1. The number of methoxy groups -OCH3 is 1. The molecule has 0 aromatic heterocycles. The van der Waals surface area contributed by atoms with Crippen molar-refractivity contribution in [1.82, 2.24) is 14.7 Å². The fourth-order valence-electron chi connectivity index (χ4n) is 4.72. The highest BCUT2D eigenvalue weighted by Gasteiger charge is 2.42. The Morgan fingerprint density at radius 3 is 2.25 bits per heavy atom. The maximum Gasteiger partial charge on any atom is 0.277 e. The molecule has 3 aliphatic rings. The Labute approximate surface area is 189 Å². The first-order chi connectivity index (χ1) is 15.5. The van der Waals surface area contributed by atoms with Crippen LogP contribution in [0.25, 0.3) is 5.57 Å². The normalized spacial score (nSPS) is 25.1. The van der Waals surface area contributed by atoms with Gasteiger partial charge in [-0.15, -0.1) is 0 Å². The van der Waals surface area contributed by atoms with E-state index in [1.807, 2.05) is 43.0 Å². The van der Waals surface area contributed by atoms with Crippen molar-refractivity contribution >= 4 is 17.4 Å². The van der Waals surface area contributed by atoms with Crippen molar-refractivity contribution in [2.45, 2.75) is 32.5 Å². The largest absolute Gasteiger partial charge is 0.497 e. The first-order valence-electron chi connectivity index (χ1n) is 11.4. The Morgan fingerprint density at radius 1 is 0.969 bits per heavy atom. The van der Waals surface area contributed by atoms with Crippen LogP contribution >= 0.6 is 0 Å². The first-order valence-corrected chi connectivity index (χ1v) is 11.4. The van der Waals surface area contributed by atoms with Gasteiger partial charge in [0.1, 0.15) is 11.4 Å². The minimum Gasteiger partial charge on any atom is -0.497 e. The molecule has 2 unspecified atom stereocenters. The molecule has 1 aromatic carbocycles. The Balaban J connectivity index is 1.57. The van der Waals surface area contributed by atoms with E-state index < -0.39 is 0 Å². The van der Waals surface area contributed by atoms with E-state index in [9.17, 15) is 9.59 Å². The van der Waals surface area contributed by atoms with Crippen LogP contribution < -0.4 is 4.74 Å². The summed E-state index contributed by atoms with van der Waals surface area (Å²) in [5.41, 5.74) is 1.71. The number of hydrogen-bond acceptors (Lipinski definition) is 7. The van der Waals surface area contributed by atoms with E-state index >= 15 is 0 Å². The molecule has 8 heteroatoms. The maximum atomic E-state index is 13.5. The van der Waals surface area contributed by atoms with E-state index in [1.54, 1.807) is 7.11 Å². The number of benzene rings is 1. The first kappa shape index (κ1) is 22.8. The summed E-state index contributed by atoms with van der Waals surface area (Å²) in [6, 6.07) is 7.35. The van der Waals surface area contributed by atoms with Gasteiger partial charge in [0.2, 0.25) is 0 Å². The van der Waals surface area contributed by atoms with Gasteiger partial charge in [0.15, 0.2) is 0 Å². The predicted octanol–water partition coefficient (Wildman–Crippen LogP) is 1.61. The molecule has 4 rings (SSSR count). The van der Waals surface area contributed by atoms with Crippen LogP contribution in [0.1, 0.15) is 25.8 Å². The Bertz CT molecular complexity index is 853. The molecule has 0 aliphatic carbocycles. The molecule has 0 spiro atoms. The molecule has 174 valence electrons. The average molecular weight is 444 g/mol. The Hall–Kier alpha value is -2.42. The molecule has 2 atom stereocenters. The number of ether oxygens (including phenoxy) is 3. The van der Waals surface area contributed by atoms with Crippen LogP contribution in [0.15, 0.2) is 30.0 Å². The number of hydrogen-bond donors (Lipinski definition) is 0. The molecular formula is C24H33N3O5. The highest BCUT2D eigenvalue weighted by atomic mass is 16.5. The lowest BCUT2D eigenvalue weighted by Gasteiger charge is -2.37. The van der Waals surface area contributed by atoms with Crippen LogP contribution in [0.3, 0.4) is 0 Å². The summed E-state index contributed by atoms with van der Waals surface area (Å²) in [5.74, 6) is 0.289. The molecule has 0 bridgehead atoms. The zero-order chi connectivity index (χ0) is 22.7. The van der Waals surface area contributed by atoms with Gasteiger partial charge < -0.3 is 19.1 Å². The fourth-order valence-corrected chi connectivity index (χ4v) is 4.72.